The van der Waals surface area contributed by atoms with Gasteiger partial charge in [0.1, 0.15) is 10.7 Å². The van der Waals surface area contributed by atoms with Crippen molar-refractivity contribution >= 4 is 39.3 Å². The van der Waals surface area contributed by atoms with Crippen LogP contribution >= 0.6 is 11.3 Å². The molecule has 1 aliphatic heterocycles. The molecule has 3 heterocycles. The Morgan fingerprint density at radius 3 is 2.81 bits per heavy atom. The molecule has 11 nitrogen and oxygen atoms in total. The van der Waals surface area contributed by atoms with Gasteiger partial charge in [-0.15, -0.1) is 11.3 Å². The summed E-state index contributed by atoms with van der Waals surface area (Å²) >= 11 is 1.11. The number of cyclic esters (lactones) is 1. The molecule has 3 rings (SSSR count). The number of esters is 1. The molecule has 1 saturated heterocycles. The van der Waals surface area contributed by atoms with Crippen LogP contribution in [0, 0.1) is 6.92 Å². The highest BCUT2D eigenvalue weighted by atomic mass is 32.2. The van der Waals surface area contributed by atoms with Gasteiger partial charge in [-0.05, 0) is 24.8 Å². The van der Waals surface area contributed by atoms with Crippen LogP contribution in [-0.4, -0.2) is 49.1 Å². The zero-order valence-corrected chi connectivity index (χ0v) is 15.9. The lowest BCUT2D eigenvalue weighted by molar-refractivity contribution is -0.139. The monoisotopic (exact) mass is 413 g/mol. The van der Waals surface area contributed by atoms with Crippen molar-refractivity contribution in [2.45, 2.75) is 24.2 Å². The van der Waals surface area contributed by atoms with Crippen molar-refractivity contribution in [2.75, 3.05) is 19.0 Å². The van der Waals surface area contributed by atoms with Crippen molar-refractivity contribution in [1.29, 1.82) is 0 Å². The second-order valence-electron chi connectivity index (χ2n) is 5.41. The van der Waals surface area contributed by atoms with Crippen molar-refractivity contribution in [2.24, 2.45) is 0 Å². The fourth-order valence-electron chi connectivity index (χ4n) is 2.43. The van der Waals surface area contributed by atoms with Gasteiger partial charge in [-0.3, -0.25) is 10.1 Å². The largest absolute Gasteiger partial charge is 0.467 e. The number of rotatable bonds is 5. The number of hydrogen-bond acceptors (Lipinski definition) is 10. The average molecular weight is 413 g/mol. The molecule has 0 spiro atoms. The fourth-order valence-corrected chi connectivity index (χ4v) is 4.96. The Kier molecular flexibility index (Phi) is 5.23. The number of carbonyl (C=O) groups is 2. The molecular weight excluding hydrogens is 398 g/mol. The molecule has 0 aromatic carbocycles. The van der Waals surface area contributed by atoms with Gasteiger partial charge in [-0.1, -0.05) is 0 Å². The summed E-state index contributed by atoms with van der Waals surface area (Å²) in [4.78, 5) is 35.6. The van der Waals surface area contributed by atoms with Crippen molar-refractivity contribution in [3.05, 3.63) is 22.1 Å². The number of methoxy groups -OCH3 is 1. The first kappa shape index (κ1) is 19.0. The van der Waals surface area contributed by atoms with E-state index in [2.05, 4.69) is 20.3 Å². The van der Waals surface area contributed by atoms with Gasteiger partial charge in [0.2, 0.25) is 5.95 Å². The number of thiophene rings is 1. The summed E-state index contributed by atoms with van der Waals surface area (Å²) < 4.78 is 36.8. The Balaban J connectivity index is 1.77. The van der Waals surface area contributed by atoms with Gasteiger partial charge in [0.05, 0.1) is 19.6 Å². The number of anilines is 1. The summed E-state index contributed by atoms with van der Waals surface area (Å²) in [5.74, 6) is -1.03. The predicted octanol–water partition coefficient (Wildman–Crippen LogP) is 0.791. The van der Waals surface area contributed by atoms with Crippen LogP contribution in [0.4, 0.5) is 10.7 Å². The summed E-state index contributed by atoms with van der Waals surface area (Å²) in [7, 11) is -2.87. The zero-order chi connectivity index (χ0) is 19.6. The molecule has 27 heavy (non-hydrogen) atoms. The van der Waals surface area contributed by atoms with Crippen LogP contribution in [0.5, 0.6) is 6.01 Å². The molecule has 0 bridgehead atoms. The van der Waals surface area contributed by atoms with Gasteiger partial charge in [-0.25, -0.2) is 17.9 Å². The number of aromatic nitrogens is 3. The molecule has 1 unspecified atom stereocenters. The first-order valence-electron chi connectivity index (χ1n) is 7.64. The number of nitrogens with one attached hydrogen (secondary N) is 2. The molecule has 1 atom stereocenters. The average Bonchev–Trinajstić information content (AvgIpc) is 3.22. The number of urea groups is 1. The van der Waals surface area contributed by atoms with Crippen LogP contribution in [0.3, 0.4) is 0 Å². The van der Waals surface area contributed by atoms with Crippen LogP contribution in [0.25, 0.3) is 0 Å². The molecule has 1 fully saturated rings. The maximum Gasteiger partial charge on any atom is 0.335 e. The van der Waals surface area contributed by atoms with Crippen LogP contribution in [0.2, 0.25) is 0 Å². The number of sulfonamides is 1. The molecule has 144 valence electrons. The van der Waals surface area contributed by atoms with Gasteiger partial charge in [0.25, 0.3) is 10.0 Å². The van der Waals surface area contributed by atoms with Gasteiger partial charge < -0.3 is 9.47 Å². The minimum absolute atomic E-state index is 0.0273. The molecule has 0 saturated carbocycles. The molecule has 2 aromatic heterocycles. The van der Waals surface area contributed by atoms with Crippen molar-refractivity contribution in [3.63, 3.8) is 0 Å². The summed E-state index contributed by atoms with van der Waals surface area (Å²) in [5, 5.41) is 3.75. The predicted molar refractivity (Wildman–Crippen MR) is 93.1 cm³/mol. The summed E-state index contributed by atoms with van der Waals surface area (Å²) in [6, 6.07) is 0.242. The molecule has 2 N–H and O–H groups in total. The van der Waals surface area contributed by atoms with Gasteiger partial charge in [0.15, 0.2) is 0 Å². The van der Waals surface area contributed by atoms with Crippen LogP contribution in [-0.2, 0) is 19.6 Å². The first-order chi connectivity index (χ1) is 12.8. The Bertz CT molecular complexity index is 990. The third kappa shape index (κ3) is 4.14. The molecule has 2 amide bonds. The number of ether oxygens (including phenoxy) is 2. The highest BCUT2D eigenvalue weighted by molar-refractivity contribution is 7.90. The Labute approximate surface area is 158 Å². The smallest absolute Gasteiger partial charge is 0.335 e. The van der Waals surface area contributed by atoms with E-state index in [-0.39, 0.29) is 29.3 Å². The van der Waals surface area contributed by atoms with E-state index in [9.17, 15) is 18.0 Å². The molecule has 13 heteroatoms. The standard InChI is InChI=1S/C14H15N5O6S2/c1-7-15-12(18-14(16-7)24-2)17-13(21)19-27(22,23)9-4-6-26-10(9)8-3-5-25-11(8)20/h4,6,8H,3,5H2,1-2H3,(H2,15,16,17,18,19,21). The summed E-state index contributed by atoms with van der Waals surface area (Å²) in [6.07, 6.45) is 0.387. The Morgan fingerprint density at radius 1 is 1.37 bits per heavy atom. The van der Waals surface area contributed by atoms with Crippen molar-refractivity contribution in [1.82, 2.24) is 19.7 Å². The second-order valence-corrected chi connectivity index (χ2v) is 8.01. The number of amides is 2. The zero-order valence-electron chi connectivity index (χ0n) is 14.3. The SMILES string of the molecule is COc1nc(C)nc(NC(=O)NS(=O)(=O)c2ccsc2C2CCOC2=O)n1. The molecular formula is C14H15N5O6S2. The lowest BCUT2D eigenvalue weighted by Crippen LogP contribution is -2.35. The number of nitrogens with zero attached hydrogens (tertiary/aromatic N) is 3. The van der Waals surface area contributed by atoms with E-state index in [1.807, 2.05) is 4.72 Å². The van der Waals surface area contributed by atoms with E-state index in [4.69, 9.17) is 9.47 Å². The molecule has 2 aromatic rings. The third-order valence-electron chi connectivity index (χ3n) is 3.56. The van der Waals surface area contributed by atoms with Crippen LogP contribution in [0.15, 0.2) is 16.3 Å². The topological polar surface area (TPSA) is 149 Å². The molecule has 1 aliphatic rings. The molecule has 0 aliphatic carbocycles. The number of aryl methyl sites for hydroxylation is 1. The van der Waals surface area contributed by atoms with E-state index in [0.717, 1.165) is 11.3 Å². The Hall–Kier alpha value is -2.80. The summed E-state index contributed by atoms with van der Waals surface area (Å²) in [5.41, 5.74) is 0. The van der Waals surface area contributed by atoms with E-state index in [1.165, 1.54) is 18.6 Å². The quantitative estimate of drug-likeness (QED) is 0.678. The lowest BCUT2D eigenvalue weighted by Gasteiger charge is -2.10. The van der Waals surface area contributed by atoms with Gasteiger partial charge >= 0.3 is 18.0 Å². The minimum atomic E-state index is -4.22. The third-order valence-corrected chi connectivity index (χ3v) is 6.11. The Morgan fingerprint density at radius 2 is 2.15 bits per heavy atom. The second kappa shape index (κ2) is 7.44. The van der Waals surface area contributed by atoms with E-state index in [1.54, 1.807) is 6.92 Å². The van der Waals surface area contributed by atoms with Crippen molar-refractivity contribution in [3.8, 4) is 6.01 Å². The fraction of sp³-hybridized carbons (Fsp3) is 0.357. The van der Waals surface area contributed by atoms with Crippen LogP contribution in [0.1, 0.15) is 23.0 Å². The van der Waals surface area contributed by atoms with E-state index >= 15 is 0 Å². The first-order valence-corrected chi connectivity index (χ1v) is 10.0. The van der Waals surface area contributed by atoms with Gasteiger partial charge in [-0.2, -0.15) is 15.0 Å². The highest BCUT2D eigenvalue weighted by Gasteiger charge is 2.34. The van der Waals surface area contributed by atoms with E-state index in [0.29, 0.717) is 11.3 Å². The van der Waals surface area contributed by atoms with E-state index < -0.39 is 27.9 Å². The lowest BCUT2D eigenvalue weighted by atomic mass is 10.1. The maximum atomic E-state index is 12.6. The van der Waals surface area contributed by atoms with Crippen molar-refractivity contribution < 1.29 is 27.5 Å². The maximum absolute atomic E-state index is 12.6. The number of hydrogen-bond donors (Lipinski definition) is 2. The highest BCUT2D eigenvalue weighted by Crippen LogP contribution is 2.35. The normalized spacial score (nSPS) is 16.7. The summed E-state index contributed by atoms with van der Waals surface area (Å²) in [6.45, 7) is 1.79. The molecule has 0 radical (unpaired) electrons. The van der Waals surface area contributed by atoms with Gasteiger partial charge in [0, 0.05) is 4.88 Å². The number of carbonyl (C=O) groups excluding carboxylic acids is 2. The van der Waals surface area contributed by atoms with Crippen LogP contribution < -0.4 is 14.8 Å². The minimum Gasteiger partial charge on any atom is -0.467 e.